The van der Waals surface area contributed by atoms with E-state index in [0.717, 1.165) is 6.92 Å². The lowest BCUT2D eigenvalue weighted by atomic mass is 10.1. The molecule has 1 aromatic carbocycles. The van der Waals surface area contributed by atoms with Gasteiger partial charge in [0, 0.05) is 0 Å². The van der Waals surface area contributed by atoms with Crippen molar-refractivity contribution < 1.29 is 40.7 Å². The van der Waals surface area contributed by atoms with Crippen LogP contribution >= 0.6 is 0 Å². The molecule has 0 heterocycles. The molecule has 0 aliphatic heterocycles. The number of nitrogens with one attached hydrogen (secondary N) is 1. The number of hydrogen-bond acceptors (Lipinski definition) is 5. The van der Waals surface area contributed by atoms with E-state index in [1.54, 1.807) is 0 Å². The molecule has 0 fully saturated rings. The Balaban J connectivity index is 3.10. The van der Waals surface area contributed by atoms with Crippen molar-refractivity contribution in [3.05, 3.63) is 29.8 Å². The Morgan fingerprint density at radius 2 is 1.58 bits per heavy atom. The van der Waals surface area contributed by atoms with Crippen LogP contribution in [0.1, 0.15) is 31.7 Å². The average molecular weight is 456 g/mol. The van der Waals surface area contributed by atoms with Gasteiger partial charge in [-0.2, -0.15) is 26.3 Å². The van der Waals surface area contributed by atoms with Crippen molar-refractivity contribution in [2.24, 2.45) is 11.5 Å². The Morgan fingerprint density at radius 1 is 1.03 bits per heavy atom. The number of unbranched alkanes of at least 4 members (excludes halogenated alkanes) is 1. The summed E-state index contributed by atoms with van der Waals surface area (Å²) in [5.41, 5.74) is 9.04. The van der Waals surface area contributed by atoms with Crippen LogP contribution in [0.5, 0.6) is 0 Å². The number of carbonyl (C=O) groups is 3. The van der Waals surface area contributed by atoms with E-state index in [1.165, 1.54) is 0 Å². The molecule has 1 aromatic rings. The molecule has 0 radical (unpaired) electrons. The van der Waals surface area contributed by atoms with Gasteiger partial charge in [0.2, 0.25) is 5.91 Å². The number of halogens is 6. The fourth-order valence-electron chi connectivity index (χ4n) is 2.49. The zero-order valence-corrected chi connectivity index (χ0v) is 16.4. The maximum absolute atomic E-state index is 13.0. The molecule has 0 saturated carbocycles. The molecule has 0 bridgehead atoms. The summed E-state index contributed by atoms with van der Waals surface area (Å²) in [5.74, 6) is -4.96. The minimum absolute atomic E-state index is 0.202. The van der Waals surface area contributed by atoms with Crippen molar-refractivity contribution in [3.8, 4) is 0 Å². The van der Waals surface area contributed by atoms with Crippen molar-refractivity contribution in [1.82, 2.24) is 5.32 Å². The number of hydrogen-bond donors (Lipinski definition) is 3. The van der Waals surface area contributed by atoms with E-state index in [9.17, 15) is 40.7 Å². The molecule has 5 N–H and O–H groups in total. The maximum atomic E-state index is 13.0. The molecule has 1 rings (SSSR count). The number of nitrogens with zero attached hydrogens (tertiary/aromatic N) is 1. The van der Waals surface area contributed by atoms with Gasteiger partial charge in [-0.1, -0.05) is 6.42 Å². The summed E-state index contributed by atoms with van der Waals surface area (Å²) in [6.45, 7) is 1.39. The van der Waals surface area contributed by atoms with Gasteiger partial charge in [-0.25, -0.2) is 4.90 Å². The van der Waals surface area contributed by atoms with Gasteiger partial charge in [0.1, 0.15) is 6.04 Å². The van der Waals surface area contributed by atoms with Gasteiger partial charge < -0.3 is 16.8 Å². The molecule has 0 saturated heterocycles. The zero-order valence-electron chi connectivity index (χ0n) is 16.4. The van der Waals surface area contributed by atoms with E-state index in [0.29, 0.717) is 43.7 Å². The van der Waals surface area contributed by atoms with Crippen molar-refractivity contribution in [1.29, 1.82) is 0 Å². The molecule has 7 nitrogen and oxygen atoms in total. The highest BCUT2D eigenvalue weighted by Crippen LogP contribution is 2.31. The van der Waals surface area contributed by atoms with Gasteiger partial charge >= 0.3 is 18.3 Å². The first-order valence-corrected chi connectivity index (χ1v) is 9.08. The molecule has 0 spiro atoms. The minimum Gasteiger partial charge on any atom is -0.343 e. The topological polar surface area (TPSA) is 119 Å². The van der Waals surface area contributed by atoms with E-state index in [4.69, 9.17) is 11.5 Å². The average Bonchev–Trinajstić information content (AvgIpc) is 2.66. The largest absolute Gasteiger partial charge is 0.472 e. The zero-order chi connectivity index (χ0) is 24.0. The molecule has 0 aromatic heterocycles. The highest BCUT2D eigenvalue weighted by atomic mass is 19.4. The number of anilines is 1. The van der Waals surface area contributed by atoms with Crippen molar-refractivity contribution in [2.75, 3.05) is 11.4 Å². The molecule has 2 atom stereocenters. The third-order valence-corrected chi connectivity index (χ3v) is 4.15. The van der Waals surface area contributed by atoms with Gasteiger partial charge in [0.05, 0.1) is 17.3 Å². The van der Waals surface area contributed by atoms with Crippen LogP contribution in [0.3, 0.4) is 0 Å². The van der Waals surface area contributed by atoms with E-state index in [-0.39, 0.29) is 11.3 Å². The molecule has 0 unspecified atom stereocenters. The predicted octanol–water partition coefficient (Wildman–Crippen LogP) is 2.09. The standard InChI is InChI=1S/C18H22F6N4O3/c1-10(27-14(29)13(26)4-2-3-9-25)15(30)28(16(31)18(22,23)24)12-7-5-11(6-8-12)17(19,20)21/h5-8,10,13H,2-4,9,25-26H2,1H3,(H,27,29)/t10-,13-/m0/s1. The fourth-order valence-corrected chi connectivity index (χ4v) is 2.49. The molecule has 3 amide bonds. The van der Waals surface area contributed by atoms with Crippen LogP contribution in [0.2, 0.25) is 0 Å². The lowest BCUT2D eigenvalue weighted by Crippen LogP contribution is -2.55. The molecule has 0 aliphatic carbocycles. The Hall–Kier alpha value is -2.67. The van der Waals surface area contributed by atoms with Crippen LogP contribution < -0.4 is 21.7 Å². The number of carbonyl (C=O) groups excluding carboxylic acids is 3. The van der Waals surface area contributed by atoms with Crippen LogP contribution in [0.15, 0.2) is 24.3 Å². The van der Waals surface area contributed by atoms with Crippen LogP contribution in [0.25, 0.3) is 0 Å². The monoisotopic (exact) mass is 456 g/mol. The highest BCUT2D eigenvalue weighted by molar-refractivity contribution is 6.18. The Labute approximate surface area is 173 Å². The molecule has 13 heteroatoms. The van der Waals surface area contributed by atoms with Gasteiger partial charge in [-0.05, 0) is 50.6 Å². The summed E-state index contributed by atoms with van der Waals surface area (Å²) >= 11 is 0. The van der Waals surface area contributed by atoms with Crippen molar-refractivity contribution in [2.45, 2.75) is 50.6 Å². The fraction of sp³-hybridized carbons (Fsp3) is 0.500. The van der Waals surface area contributed by atoms with Crippen molar-refractivity contribution in [3.63, 3.8) is 0 Å². The summed E-state index contributed by atoms with van der Waals surface area (Å²) < 4.78 is 77.1. The lowest BCUT2D eigenvalue weighted by Gasteiger charge is -2.26. The molecular formula is C18H22F6N4O3. The SMILES string of the molecule is C[C@H](NC(=O)[C@@H](N)CCCCN)C(=O)N(C(=O)C(F)(F)F)c1ccc(C(F)(F)F)cc1. The second-order valence-electron chi connectivity index (χ2n) is 6.64. The summed E-state index contributed by atoms with van der Waals surface area (Å²) in [6.07, 6.45) is -8.99. The van der Waals surface area contributed by atoms with Crippen molar-refractivity contribution >= 4 is 23.4 Å². The highest BCUT2D eigenvalue weighted by Gasteiger charge is 2.46. The minimum atomic E-state index is -5.50. The second kappa shape index (κ2) is 10.6. The Bertz CT molecular complexity index is 780. The summed E-state index contributed by atoms with van der Waals surface area (Å²) in [5, 5.41) is 2.11. The summed E-state index contributed by atoms with van der Waals surface area (Å²) in [4.78, 5) is 36.1. The van der Waals surface area contributed by atoms with Crippen LogP contribution in [-0.2, 0) is 20.6 Å². The quantitative estimate of drug-likeness (QED) is 0.409. The first kappa shape index (κ1) is 26.4. The summed E-state index contributed by atoms with van der Waals surface area (Å²) in [7, 11) is 0. The maximum Gasteiger partial charge on any atom is 0.472 e. The van der Waals surface area contributed by atoms with Gasteiger partial charge in [-0.15, -0.1) is 0 Å². The lowest BCUT2D eigenvalue weighted by molar-refractivity contribution is -0.171. The third-order valence-electron chi connectivity index (χ3n) is 4.15. The number of rotatable bonds is 8. The predicted molar refractivity (Wildman–Crippen MR) is 98.5 cm³/mol. The number of benzene rings is 1. The molecule has 31 heavy (non-hydrogen) atoms. The van der Waals surface area contributed by atoms with Crippen LogP contribution in [0, 0.1) is 0 Å². The molecule has 0 aliphatic rings. The molecular weight excluding hydrogens is 434 g/mol. The first-order valence-electron chi connectivity index (χ1n) is 9.08. The van der Waals surface area contributed by atoms with Gasteiger partial charge in [0.25, 0.3) is 5.91 Å². The van der Waals surface area contributed by atoms with E-state index in [1.807, 2.05) is 0 Å². The van der Waals surface area contributed by atoms with E-state index >= 15 is 0 Å². The first-order chi connectivity index (χ1) is 14.2. The van der Waals surface area contributed by atoms with E-state index in [2.05, 4.69) is 5.32 Å². The Kier molecular flexibility index (Phi) is 8.99. The summed E-state index contributed by atoms with van der Waals surface area (Å²) in [6, 6.07) is -0.734. The van der Waals surface area contributed by atoms with E-state index < -0.39 is 53.4 Å². The van der Waals surface area contributed by atoms with Crippen LogP contribution in [-0.4, -0.2) is 42.5 Å². The van der Waals surface area contributed by atoms with Gasteiger partial charge in [-0.3, -0.25) is 14.4 Å². The number of imide groups is 1. The van der Waals surface area contributed by atoms with Gasteiger partial charge in [0.15, 0.2) is 0 Å². The normalized spacial score (nSPS) is 14.0. The second-order valence-corrected chi connectivity index (χ2v) is 6.64. The number of alkyl halides is 6. The van der Waals surface area contributed by atoms with Crippen LogP contribution in [0.4, 0.5) is 32.0 Å². The number of nitrogens with two attached hydrogens (primary N) is 2. The molecule has 174 valence electrons. The third kappa shape index (κ3) is 7.51. The smallest absolute Gasteiger partial charge is 0.343 e. The Morgan fingerprint density at radius 3 is 2.03 bits per heavy atom. The number of amides is 3.